The molecule has 0 unspecified atom stereocenters. The van der Waals surface area contributed by atoms with Crippen molar-refractivity contribution < 1.29 is 22.0 Å². The number of benzene rings is 1. The zero-order valence-electron chi connectivity index (χ0n) is 5.88. The van der Waals surface area contributed by atoms with E-state index in [1.165, 1.54) is 0 Å². The van der Waals surface area contributed by atoms with Gasteiger partial charge in [-0.15, -0.1) is 0 Å². The van der Waals surface area contributed by atoms with Gasteiger partial charge in [0.2, 0.25) is 0 Å². The SMILES string of the molecule is Fc1c(F)c(F)c(B=S)c(F)c1F. The predicted molar refractivity (Wildman–Crippen MR) is 39.2 cm³/mol. The first-order chi connectivity index (χ1) is 6.00. The number of hydrogen-bond acceptors (Lipinski definition) is 1. The minimum atomic E-state index is -2.18. The molecule has 13 heavy (non-hydrogen) atoms. The Morgan fingerprint density at radius 3 is 1.31 bits per heavy atom. The van der Waals surface area contributed by atoms with Crippen LogP contribution in [0.1, 0.15) is 0 Å². The average Bonchev–Trinajstić information content (AvgIpc) is 2.13. The topological polar surface area (TPSA) is 0 Å². The monoisotopic (exact) mass is 210 g/mol. The quantitative estimate of drug-likeness (QED) is 0.295. The van der Waals surface area contributed by atoms with Gasteiger partial charge in [0.25, 0.3) is 0 Å². The Hall–Kier alpha value is -0.845. The Balaban J connectivity index is 3.66. The fraction of sp³-hybridized carbons (Fsp3) is 0. The van der Waals surface area contributed by atoms with E-state index < -0.39 is 34.5 Å². The Bertz CT molecular complexity index is 349. The normalized spacial score (nSPS) is 9.92. The van der Waals surface area contributed by atoms with Crippen molar-refractivity contribution in [2.75, 3.05) is 0 Å². The fourth-order valence-corrected chi connectivity index (χ4v) is 0.932. The zero-order chi connectivity index (χ0) is 10.2. The van der Waals surface area contributed by atoms with Gasteiger partial charge >= 0.3 is 74.7 Å². The summed E-state index contributed by atoms with van der Waals surface area (Å²) in [4.78, 5) is 0. The number of hydrogen-bond donors (Lipinski definition) is 0. The predicted octanol–water partition coefficient (Wildman–Crippen LogP) is 1.82. The number of halogens is 5. The molecule has 0 aliphatic rings. The third-order valence-corrected chi connectivity index (χ3v) is 1.60. The van der Waals surface area contributed by atoms with Crippen LogP contribution < -0.4 is 5.46 Å². The van der Waals surface area contributed by atoms with E-state index in [2.05, 4.69) is 12.1 Å². The van der Waals surface area contributed by atoms with Gasteiger partial charge in [-0.05, 0) is 0 Å². The van der Waals surface area contributed by atoms with Crippen molar-refractivity contribution in [2.24, 2.45) is 0 Å². The van der Waals surface area contributed by atoms with Crippen LogP contribution in [0.2, 0.25) is 0 Å². The molecule has 68 valence electrons. The van der Waals surface area contributed by atoms with E-state index in [0.717, 1.165) is 0 Å². The van der Waals surface area contributed by atoms with Crippen molar-refractivity contribution >= 4 is 23.7 Å². The fourth-order valence-electron chi connectivity index (χ4n) is 0.725. The van der Waals surface area contributed by atoms with E-state index in [4.69, 9.17) is 0 Å². The summed E-state index contributed by atoms with van der Waals surface area (Å²) in [6, 6.07) is 0. The van der Waals surface area contributed by atoms with Gasteiger partial charge in [-0.3, -0.25) is 0 Å². The maximum absolute atomic E-state index is 12.6. The van der Waals surface area contributed by atoms with Gasteiger partial charge in [0.1, 0.15) is 0 Å². The van der Waals surface area contributed by atoms with Crippen LogP contribution in [0.5, 0.6) is 0 Å². The van der Waals surface area contributed by atoms with Crippen molar-refractivity contribution in [2.45, 2.75) is 0 Å². The molecule has 0 aliphatic heterocycles. The van der Waals surface area contributed by atoms with Crippen LogP contribution in [-0.4, -0.2) is 6.15 Å². The molecule has 0 saturated heterocycles. The summed E-state index contributed by atoms with van der Waals surface area (Å²) in [7, 11) is 0. The van der Waals surface area contributed by atoms with Crippen molar-refractivity contribution in [3.05, 3.63) is 29.1 Å². The van der Waals surface area contributed by atoms with Crippen LogP contribution in [0.3, 0.4) is 0 Å². The van der Waals surface area contributed by atoms with Crippen LogP contribution in [0.4, 0.5) is 22.0 Å². The summed E-state index contributed by atoms with van der Waals surface area (Å²) < 4.78 is 62.3. The molecule has 1 rings (SSSR count). The zero-order valence-corrected chi connectivity index (χ0v) is 6.69. The van der Waals surface area contributed by atoms with Crippen molar-refractivity contribution in [1.82, 2.24) is 0 Å². The summed E-state index contributed by atoms with van der Waals surface area (Å²) >= 11 is 4.10. The molecule has 0 fully saturated rings. The molecule has 1 aromatic rings. The van der Waals surface area contributed by atoms with Gasteiger partial charge in [-0.2, -0.15) is 0 Å². The van der Waals surface area contributed by atoms with Crippen LogP contribution in [0.15, 0.2) is 0 Å². The summed E-state index contributed by atoms with van der Waals surface area (Å²) in [6.45, 7) is 0. The van der Waals surface area contributed by atoms with Gasteiger partial charge in [0.05, 0.1) is 0 Å². The summed E-state index contributed by atoms with van der Waals surface area (Å²) in [5.74, 6) is -9.99. The Labute approximate surface area is 75.5 Å². The first-order valence-corrected chi connectivity index (χ1v) is 3.44. The molecule has 1 aromatic carbocycles. The summed E-state index contributed by atoms with van der Waals surface area (Å²) in [6.07, 6.45) is 0.399. The summed E-state index contributed by atoms with van der Waals surface area (Å²) in [5, 5.41) is 0. The molecule has 0 amide bonds. The van der Waals surface area contributed by atoms with E-state index in [1.807, 2.05) is 0 Å². The van der Waals surface area contributed by atoms with E-state index >= 15 is 0 Å². The Morgan fingerprint density at radius 2 is 1.00 bits per heavy atom. The molecule has 7 heteroatoms. The molecule has 0 radical (unpaired) electrons. The van der Waals surface area contributed by atoms with E-state index in [-0.39, 0.29) is 0 Å². The third-order valence-electron chi connectivity index (χ3n) is 1.36. The van der Waals surface area contributed by atoms with E-state index in [0.29, 0.717) is 6.15 Å². The molecule has 0 atom stereocenters. The number of rotatable bonds is 1. The van der Waals surface area contributed by atoms with Crippen LogP contribution in [0.25, 0.3) is 0 Å². The van der Waals surface area contributed by atoms with Crippen molar-refractivity contribution in [3.63, 3.8) is 0 Å². The standard InChI is InChI=1S/C6BF5S/c8-2-1(7-13)3(9)5(11)6(12)4(2)10. The third kappa shape index (κ3) is 1.48. The van der Waals surface area contributed by atoms with Gasteiger partial charge in [-0.25, -0.2) is 0 Å². The second-order valence-corrected chi connectivity index (χ2v) is 2.34. The molecule has 0 aliphatic carbocycles. The second-order valence-electron chi connectivity index (χ2n) is 2.10. The molecule has 0 nitrogen and oxygen atoms in total. The van der Waals surface area contributed by atoms with E-state index in [9.17, 15) is 22.0 Å². The molecule has 0 saturated carbocycles. The molecule has 0 bridgehead atoms. The van der Waals surface area contributed by atoms with Crippen LogP contribution in [0, 0.1) is 29.1 Å². The maximum atomic E-state index is 12.6. The average molecular weight is 210 g/mol. The molecule has 0 N–H and O–H groups in total. The minimum absolute atomic E-state index is 0.399. The van der Waals surface area contributed by atoms with Gasteiger partial charge in [0, 0.05) is 0 Å². The first kappa shape index (κ1) is 10.2. The molecule has 0 heterocycles. The van der Waals surface area contributed by atoms with Crippen LogP contribution >= 0.6 is 12.1 Å². The Kier molecular flexibility index (Phi) is 2.75. The molecular weight excluding hydrogens is 210 g/mol. The second kappa shape index (κ2) is 3.49. The van der Waals surface area contributed by atoms with E-state index in [1.54, 1.807) is 0 Å². The van der Waals surface area contributed by atoms with Gasteiger partial charge in [-0.1, -0.05) is 0 Å². The summed E-state index contributed by atoms with van der Waals surface area (Å²) in [5.41, 5.74) is -1.09. The Morgan fingerprint density at radius 1 is 0.692 bits per heavy atom. The molecule has 0 spiro atoms. The van der Waals surface area contributed by atoms with Crippen LogP contribution in [-0.2, 0) is 0 Å². The first-order valence-electron chi connectivity index (χ1n) is 2.97. The van der Waals surface area contributed by atoms with Crippen molar-refractivity contribution in [3.8, 4) is 0 Å². The van der Waals surface area contributed by atoms with Gasteiger partial charge in [0.15, 0.2) is 0 Å². The van der Waals surface area contributed by atoms with Gasteiger partial charge < -0.3 is 0 Å². The molecule has 0 aromatic heterocycles. The van der Waals surface area contributed by atoms with Crippen molar-refractivity contribution in [1.29, 1.82) is 0 Å². The molecular formula is C6BF5S.